The van der Waals surface area contributed by atoms with Crippen molar-refractivity contribution in [3.63, 3.8) is 0 Å². The van der Waals surface area contributed by atoms with Gasteiger partial charge in [0.15, 0.2) is 0 Å². The highest BCUT2D eigenvalue weighted by Crippen LogP contribution is 2.53. The van der Waals surface area contributed by atoms with Gasteiger partial charge in [-0.2, -0.15) is 4.68 Å². The molecule has 10 heteroatoms. The molecule has 3 amide bonds. The first-order chi connectivity index (χ1) is 18.8. The number of urea groups is 1. The molecule has 0 unspecified atom stereocenters. The minimum Gasteiger partial charge on any atom is -0.311 e. The number of benzene rings is 3. The van der Waals surface area contributed by atoms with Crippen LogP contribution >= 0.6 is 11.3 Å². The van der Waals surface area contributed by atoms with Gasteiger partial charge in [0.05, 0.1) is 11.3 Å². The summed E-state index contributed by atoms with van der Waals surface area (Å²) in [5.41, 5.74) is 3.89. The second kappa shape index (κ2) is 7.90. The molecule has 0 spiro atoms. The van der Waals surface area contributed by atoms with Crippen molar-refractivity contribution in [2.45, 2.75) is 11.3 Å². The molecule has 39 heavy (non-hydrogen) atoms. The number of hydrogen-bond donors (Lipinski definition) is 1. The highest BCUT2D eigenvalue weighted by Gasteiger charge is 2.69. The van der Waals surface area contributed by atoms with Crippen molar-refractivity contribution in [2.75, 3.05) is 31.5 Å². The van der Waals surface area contributed by atoms with Crippen molar-refractivity contribution < 1.29 is 9.59 Å². The van der Waals surface area contributed by atoms with Gasteiger partial charge in [0.1, 0.15) is 4.53 Å². The van der Waals surface area contributed by atoms with Gasteiger partial charge in [-0.3, -0.25) is 24.8 Å². The van der Waals surface area contributed by atoms with E-state index in [0.717, 1.165) is 28.2 Å². The van der Waals surface area contributed by atoms with E-state index in [1.807, 2.05) is 84.9 Å². The van der Waals surface area contributed by atoms with E-state index in [9.17, 15) is 14.4 Å². The minimum absolute atomic E-state index is 0.243. The summed E-state index contributed by atoms with van der Waals surface area (Å²) in [6, 6.07) is 26.3. The number of nitrogens with zero attached hydrogens (tertiary/aromatic N) is 5. The van der Waals surface area contributed by atoms with E-state index in [1.165, 1.54) is 4.68 Å². The zero-order valence-corrected chi connectivity index (χ0v) is 22.3. The molecule has 1 fully saturated rings. The first-order valence-electron chi connectivity index (χ1n) is 12.5. The Labute approximate surface area is 227 Å². The lowest BCUT2D eigenvalue weighted by molar-refractivity contribution is -0.112. The molecule has 2 atom stereocenters. The quantitative estimate of drug-likeness (QED) is 0.424. The van der Waals surface area contributed by atoms with Crippen molar-refractivity contribution in [3.8, 4) is 0 Å². The molecule has 7 rings (SSSR count). The molecule has 0 bridgehead atoms. The number of carbonyl (C=O) groups excluding carboxylic acids is 2. The highest BCUT2D eigenvalue weighted by molar-refractivity contribution is 7.07. The summed E-state index contributed by atoms with van der Waals surface area (Å²) >= 11 is 1.15. The molecule has 1 aromatic heterocycles. The van der Waals surface area contributed by atoms with Crippen molar-refractivity contribution in [3.05, 3.63) is 121 Å². The molecule has 4 aromatic rings. The average Bonchev–Trinajstić information content (AvgIpc) is 3.48. The van der Waals surface area contributed by atoms with Crippen LogP contribution in [0.15, 0.2) is 94.7 Å². The van der Waals surface area contributed by atoms with Crippen molar-refractivity contribution in [1.29, 1.82) is 0 Å². The topological polar surface area (TPSA) is 90.2 Å². The SMILES string of the molecule is CN1C(=O)/C(=c2\sc3n(c2=O)N[C@]2(c4ccccc4)N(C)C(=O)N(C)[C@]2(c2ccccc2)N=3)c2ccccc21. The molecule has 0 saturated carbocycles. The standard InChI is InChI=1S/C29H24N6O3S/c1-32-21-17-11-10-16-20(21)22(24(32)36)23-25(37)35-26(39-23)30-28(18-12-6-4-7-13-18)29(31-35,19-14-8-5-9-15-19)34(3)27(38)33(28)2/h4-17,31H,1-3H3/b23-22-/t28-,29+/m0/s1. The average molecular weight is 537 g/mol. The Balaban J connectivity index is 1.62. The molecule has 3 aliphatic heterocycles. The molecule has 3 aromatic carbocycles. The number of carbonyl (C=O) groups is 2. The van der Waals surface area contributed by atoms with Crippen LogP contribution in [0.25, 0.3) is 5.57 Å². The smallest absolute Gasteiger partial charge is 0.311 e. The van der Waals surface area contributed by atoms with Crippen LogP contribution in [0.5, 0.6) is 0 Å². The molecular weight excluding hydrogens is 512 g/mol. The molecule has 194 valence electrons. The van der Waals surface area contributed by atoms with Gasteiger partial charge >= 0.3 is 6.03 Å². The van der Waals surface area contributed by atoms with E-state index >= 15 is 0 Å². The molecule has 1 N–H and O–H groups in total. The van der Waals surface area contributed by atoms with Gasteiger partial charge in [0.2, 0.25) is 16.1 Å². The van der Waals surface area contributed by atoms with E-state index in [-0.39, 0.29) is 17.5 Å². The molecule has 1 saturated heterocycles. The Bertz CT molecular complexity index is 1870. The maximum atomic E-state index is 14.1. The highest BCUT2D eigenvalue weighted by atomic mass is 32.1. The fourth-order valence-corrected chi connectivity index (χ4v) is 7.21. The Morgan fingerprint density at radius 2 is 1.38 bits per heavy atom. The van der Waals surface area contributed by atoms with Gasteiger partial charge in [0, 0.05) is 37.8 Å². The number of hydrogen-bond acceptors (Lipinski definition) is 6. The molecule has 0 radical (unpaired) electrons. The lowest BCUT2D eigenvalue weighted by Gasteiger charge is -2.49. The third-order valence-corrected chi connectivity index (χ3v) is 9.07. The van der Waals surface area contributed by atoms with E-state index in [0.29, 0.717) is 20.5 Å². The zero-order chi connectivity index (χ0) is 27.1. The van der Waals surface area contributed by atoms with E-state index in [1.54, 1.807) is 35.8 Å². The van der Waals surface area contributed by atoms with Crippen molar-refractivity contribution in [2.24, 2.45) is 4.99 Å². The fraction of sp³-hybridized carbons (Fsp3) is 0.172. The number of amides is 3. The summed E-state index contributed by atoms with van der Waals surface area (Å²) < 4.78 is 1.68. The summed E-state index contributed by atoms with van der Waals surface area (Å²) in [6.07, 6.45) is 0. The van der Waals surface area contributed by atoms with E-state index in [2.05, 4.69) is 5.43 Å². The third kappa shape index (κ3) is 2.73. The summed E-state index contributed by atoms with van der Waals surface area (Å²) in [6.45, 7) is 0. The number of nitrogens with one attached hydrogen (secondary N) is 1. The van der Waals surface area contributed by atoms with Gasteiger partial charge in [0.25, 0.3) is 11.5 Å². The van der Waals surface area contributed by atoms with Crippen LogP contribution < -0.4 is 25.2 Å². The van der Waals surface area contributed by atoms with Crippen molar-refractivity contribution >= 4 is 34.5 Å². The first-order valence-corrected chi connectivity index (χ1v) is 13.3. The maximum absolute atomic E-state index is 14.1. The van der Waals surface area contributed by atoms with Crippen LogP contribution in [0.3, 0.4) is 0 Å². The predicted octanol–water partition coefficient (Wildman–Crippen LogP) is 1.97. The second-order valence-electron chi connectivity index (χ2n) is 9.85. The number of rotatable bonds is 2. The largest absolute Gasteiger partial charge is 0.324 e. The zero-order valence-electron chi connectivity index (χ0n) is 21.5. The molecule has 3 aliphatic rings. The summed E-state index contributed by atoms with van der Waals surface area (Å²) in [4.78, 5) is 51.5. The minimum atomic E-state index is -1.27. The van der Waals surface area contributed by atoms with Gasteiger partial charge in [-0.1, -0.05) is 90.2 Å². The lowest BCUT2D eigenvalue weighted by atomic mass is 9.80. The summed E-state index contributed by atoms with van der Waals surface area (Å²) in [5.74, 6) is -0.243. The van der Waals surface area contributed by atoms with Crippen LogP contribution in [0.2, 0.25) is 0 Å². The maximum Gasteiger partial charge on any atom is 0.324 e. The molecule has 9 nitrogen and oxygen atoms in total. The third-order valence-electron chi connectivity index (χ3n) is 8.03. The Kier molecular flexibility index (Phi) is 4.75. The number of thiazole rings is 1. The van der Waals surface area contributed by atoms with Crippen LogP contribution in [0, 0.1) is 0 Å². The van der Waals surface area contributed by atoms with Gasteiger partial charge in [-0.15, -0.1) is 0 Å². The van der Waals surface area contributed by atoms with E-state index < -0.39 is 11.3 Å². The fourth-order valence-electron chi connectivity index (χ4n) is 6.16. The predicted molar refractivity (Wildman–Crippen MR) is 148 cm³/mol. The van der Waals surface area contributed by atoms with Crippen LogP contribution in [0.1, 0.15) is 16.7 Å². The number of para-hydroxylation sites is 1. The molecule has 4 heterocycles. The van der Waals surface area contributed by atoms with Crippen molar-refractivity contribution in [1.82, 2.24) is 14.5 Å². The monoisotopic (exact) mass is 536 g/mol. The van der Waals surface area contributed by atoms with Crippen LogP contribution in [-0.2, 0) is 16.1 Å². The van der Waals surface area contributed by atoms with Crippen LogP contribution in [0.4, 0.5) is 10.5 Å². The van der Waals surface area contributed by atoms with E-state index in [4.69, 9.17) is 4.99 Å². The van der Waals surface area contributed by atoms with Gasteiger partial charge in [-0.25, -0.2) is 9.79 Å². The number of anilines is 1. The Morgan fingerprint density at radius 1 is 0.769 bits per heavy atom. The lowest BCUT2D eigenvalue weighted by Crippen LogP contribution is -2.67. The molecule has 0 aliphatic carbocycles. The molecular formula is C29H24N6O3S. The van der Waals surface area contributed by atoms with Crippen LogP contribution in [-0.4, -0.2) is 47.6 Å². The Morgan fingerprint density at radius 3 is 2.08 bits per heavy atom. The first kappa shape index (κ1) is 23.4. The Hall–Kier alpha value is -4.70. The van der Waals surface area contributed by atoms with Gasteiger partial charge < -0.3 is 4.90 Å². The number of fused-ring (bicyclic) bond motifs is 3. The second-order valence-corrected chi connectivity index (χ2v) is 10.8. The summed E-state index contributed by atoms with van der Waals surface area (Å²) in [5, 5.41) is 0. The summed E-state index contributed by atoms with van der Waals surface area (Å²) in [7, 11) is 5.14. The number of aromatic nitrogens is 1. The number of likely N-dealkylation sites (N-methyl/N-ethyl adjacent to an activating group) is 3. The normalized spacial score (nSPS) is 24.7. The van der Waals surface area contributed by atoms with Gasteiger partial charge in [-0.05, 0) is 6.07 Å².